The van der Waals surface area contributed by atoms with Gasteiger partial charge in [0.15, 0.2) is 5.69 Å². The zero-order chi connectivity index (χ0) is 20.7. The van der Waals surface area contributed by atoms with Crippen molar-refractivity contribution >= 4 is 11.7 Å². The second-order valence-electron chi connectivity index (χ2n) is 6.75. The van der Waals surface area contributed by atoms with E-state index in [1.54, 1.807) is 24.3 Å². The fourth-order valence-electron chi connectivity index (χ4n) is 3.43. The summed E-state index contributed by atoms with van der Waals surface area (Å²) in [5.41, 5.74) is 1.57. The van der Waals surface area contributed by atoms with Gasteiger partial charge in [0.1, 0.15) is 17.7 Å². The lowest BCUT2D eigenvalue weighted by atomic mass is 10.1. The van der Waals surface area contributed by atoms with Crippen LogP contribution in [0.3, 0.4) is 0 Å². The van der Waals surface area contributed by atoms with Gasteiger partial charge in [-0.25, -0.2) is 19.7 Å². The summed E-state index contributed by atoms with van der Waals surface area (Å²) in [4.78, 5) is 24.8. The zero-order valence-electron chi connectivity index (χ0n) is 15.4. The molecule has 0 amide bonds. The van der Waals surface area contributed by atoms with Crippen molar-refractivity contribution in [2.75, 3.05) is 5.32 Å². The summed E-state index contributed by atoms with van der Waals surface area (Å²) in [6.07, 6.45) is 6.03. The van der Waals surface area contributed by atoms with E-state index in [0.717, 1.165) is 0 Å². The van der Waals surface area contributed by atoms with Crippen molar-refractivity contribution in [3.8, 4) is 22.5 Å². The van der Waals surface area contributed by atoms with Gasteiger partial charge < -0.3 is 4.42 Å². The Morgan fingerprint density at radius 3 is 2.50 bits per heavy atom. The maximum Gasteiger partial charge on any atom is 0.359 e. The number of carbonyl (C=O) groups is 1. The summed E-state index contributed by atoms with van der Waals surface area (Å²) in [6, 6.07) is 8.57. The van der Waals surface area contributed by atoms with Gasteiger partial charge in [0.05, 0.1) is 12.7 Å². The molecule has 0 fully saturated rings. The molecule has 9 heteroatoms. The molecule has 4 aromatic heterocycles. The van der Waals surface area contributed by atoms with E-state index in [0.29, 0.717) is 40.5 Å². The predicted molar refractivity (Wildman–Crippen MR) is 101 cm³/mol. The molecule has 0 bridgehead atoms. The highest BCUT2D eigenvalue weighted by atomic mass is 19.1. The van der Waals surface area contributed by atoms with Crippen molar-refractivity contribution in [3.05, 3.63) is 78.9 Å². The zero-order valence-corrected chi connectivity index (χ0v) is 15.4. The highest BCUT2D eigenvalue weighted by Gasteiger charge is 2.42. The molecule has 5 rings (SSSR count). The van der Waals surface area contributed by atoms with Crippen LogP contribution in [-0.2, 0) is 6.42 Å². The molecular formula is C21H14F2N5O2+. The van der Waals surface area contributed by atoms with Gasteiger partial charge in [-0.15, -0.1) is 0 Å². The van der Waals surface area contributed by atoms with E-state index in [4.69, 9.17) is 4.42 Å². The van der Waals surface area contributed by atoms with E-state index in [2.05, 4.69) is 20.3 Å². The molecule has 1 aliphatic heterocycles. The summed E-state index contributed by atoms with van der Waals surface area (Å²) in [6.45, 7) is 0. The minimum absolute atomic E-state index is 0.227. The number of pyridine rings is 2. The monoisotopic (exact) mass is 406 g/mol. The van der Waals surface area contributed by atoms with E-state index in [1.165, 1.54) is 41.6 Å². The van der Waals surface area contributed by atoms with Crippen molar-refractivity contribution in [2.24, 2.45) is 0 Å². The summed E-state index contributed by atoms with van der Waals surface area (Å²) >= 11 is 0. The molecule has 0 radical (unpaired) electrons. The molecule has 30 heavy (non-hydrogen) atoms. The number of nitrogens with zero attached hydrogens (tertiary/aromatic N) is 4. The second kappa shape index (κ2) is 7.11. The molecule has 1 unspecified atom stereocenters. The van der Waals surface area contributed by atoms with Gasteiger partial charge in [0.25, 0.3) is 0 Å². The molecule has 1 atom stereocenters. The number of furan rings is 1. The molecular weight excluding hydrogens is 392 g/mol. The third kappa shape index (κ3) is 3.20. The Labute approximate surface area is 169 Å². The fraction of sp³-hybridized carbons (Fsp3) is 0.0952. The second-order valence-corrected chi connectivity index (χ2v) is 6.75. The quantitative estimate of drug-likeness (QED) is 0.414. The van der Waals surface area contributed by atoms with Crippen LogP contribution in [0.2, 0.25) is 0 Å². The van der Waals surface area contributed by atoms with Crippen LogP contribution in [0, 0.1) is 11.9 Å². The van der Waals surface area contributed by atoms with Crippen molar-refractivity contribution in [2.45, 2.75) is 12.5 Å². The lowest BCUT2D eigenvalue weighted by molar-refractivity contribution is -0.551. The number of rotatable bonds is 4. The summed E-state index contributed by atoms with van der Waals surface area (Å²) < 4.78 is 34.2. The predicted octanol–water partition coefficient (Wildman–Crippen LogP) is 3.04. The largest absolute Gasteiger partial charge is 0.469 e. The van der Waals surface area contributed by atoms with Crippen LogP contribution < -0.4 is 9.88 Å². The van der Waals surface area contributed by atoms with Crippen LogP contribution in [0.4, 0.5) is 14.6 Å². The number of nitrogens with one attached hydrogen (secondary N) is 1. The highest BCUT2D eigenvalue weighted by Crippen LogP contribution is 2.30. The first kappa shape index (κ1) is 18.0. The molecule has 5 heterocycles. The Morgan fingerprint density at radius 2 is 1.80 bits per heavy atom. The Balaban J connectivity index is 1.65. The molecule has 1 N–H and O–H groups in total. The molecule has 148 valence electrons. The Morgan fingerprint density at radius 1 is 1.07 bits per heavy atom. The maximum absolute atomic E-state index is 13.8. The van der Waals surface area contributed by atoms with E-state index in [1.807, 2.05) is 0 Å². The van der Waals surface area contributed by atoms with E-state index < -0.39 is 17.9 Å². The van der Waals surface area contributed by atoms with E-state index >= 15 is 0 Å². The maximum atomic E-state index is 13.8. The number of hydrogen-bond donors (Lipinski definition) is 1. The summed E-state index contributed by atoms with van der Waals surface area (Å²) in [5.74, 6) is -0.507. The van der Waals surface area contributed by atoms with Crippen molar-refractivity contribution in [3.63, 3.8) is 0 Å². The third-order valence-electron chi connectivity index (χ3n) is 4.80. The SMILES string of the molecule is O=C1C(Cc2ccco2)Nc2c(-c3ccnc(F)c3)nc(-c3ccnc(F)c3)c[n+]21. The number of halogens is 2. The van der Waals surface area contributed by atoms with Gasteiger partial charge in [-0.1, -0.05) is 0 Å². The lowest BCUT2D eigenvalue weighted by Gasteiger charge is -2.07. The molecule has 1 aliphatic rings. The summed E-state index contributed by atoms with van der Waals surface area (Å²) in [5, 5.41) is 3.16. The van der Waals surface area contributed by atoms with Gasteiger partial charge in [-0.05, 0) is 24.3 Å². The number of hydrogen-bond acceptors (Lipinski definition) is 6. The molecule has 4 aromatic rings. The molecule has 0 aromatic carbocycles. The Hall–Kier alpha value is -4.01. The smallest absolute Gasteiger partial charge is 0.359 e. The van der Waals surface area contributed by atoms with Gasteiger partial charge in [-0.2, -0.15) is 13.3 Å². The van der Waals surface area contributed by atoms with Gasteiger partial charge in [0.2, 0.25) is 17.9 Å². The standard InChI is InChI=1S/C21H13F2N5O2/c22-17-8-12(3-5-24-17)16-11-28-20(19(26-16)13-4-6-25-18(23)9-13)27-15(21(28)29)10-14-2-1-7-30-14/h1-9,11,15H,10H2/p+1. The van der Waals surface area contributed by atoms with Crippen molar-refractivity contribution in [1.82, 2.24) is 15.0 Å². The average Bonchev–Trinajstić information content (AvgIpc) is 3.36. The number of fused-ring (bicyclic) bond motifs is 1. The van der Waals surface area contributed by atoms with Gasteiger partial charge in [0, 0.05) is 35.7 Å². The number of anilines is 1. The highest BCUT2D eigenvalue weighted by molar-refractivity contribution is 5.86. The van der Waals surface area contributed by atoms with Crippen LogP contribution in [0.15, 0.2) is 65.7 Å². The Bertz CT molecular complexity index is 1260. The van der Waals surface area contributed by atoms with Crippen molar-refractivity contribution < 1.29 is 22.6 Å². The topological polar surface area (TPSA) is 84.8 Å². The Kier molecular flexibility index (Phi) is 4.27. The first-order valence-corrected chi connectivity index (χ1v) is 9.12. The van der Waals surface area contributed by atoms with Crippen LogP contribution in [0.1, 0.15) is 10.6 Å². The minimum Gasteiger partial charge on any atom is -0.469 e. The molecule has 0 saturated heterocycles. The number of carbonyl (C=O) groups excluding carboxylic acids is 1. The molecule has 7 nitrogen and oxygen atoms in total. The summed E-state index contributed by atoms with van der Waals surface area (Å²) in [7, 11) is 0. The van der Waals surface area contributed by atoms with Crippen LogP contribution in [-0.4, -0.2) is 26.9 Å². The first-order valence-electron chi connectivity index (χ1n) is 9.12. The first-order chi connectivity index (χ1) is 14.6. The van der Waals surface area contributed by atoms with E-state index in [9.17, 15) is 13.6 Å². The van der Waals surface area contributed by atoms with Crippen LogP contribution in [0.25, 0.3) is 22.5 Å². The molecule has 0 saturated carbocycles. The lowest BCUT2D eigenvalue weighted by Crippen LogP contribution is -2.43. The van der Waals surface area contributed by atoms with Crippen molar-refractivity contribution in [1.29, 1.82) is 0 Å². The van der Waals surface area contributed by atoms with Gasteiger partial charge >= 0.3 is 11.7 Å². The van der Waals surface area contributed by atoms with E-state index in [-0.39, 0.29) is 5.91 Å². The van der Waals surface area contributed by atoms with Crippen LogP contribution >= 0.6 is 0 Å². The van der Waals surface area contributed by atoms with Gasteiger partial charge in [-0.3, -0.25) is 5.32 Å². The fourth-order valence-corrected chi connectivity index (χ4v) is 3.43. The number of aromatic nitrogens is 4. The van der Waals surface area contributed by atoms with Crippen LogP contribution in [0.5, 0.6) is 0 Å². The minimum atomic E-state index is -0.676. The molecule has 0 aliphatic carbocycles. The third-order valence-corrected chi connectivity index (χ3v) is 4.80. The normalized spacial score (nSPS) is 15.1. The average molecular weight is 406 g/mol. The molecule has 0 spiro atoms.